The minimum absolute atomic E-state index is 0.0381. The van der Waals surface area contributed by atoms with Crippen LogP contribution >= 0.6 is 0 Å². The normalized spacial score (nSPS) is 18.5. The van der Waals surface area contributed by atoms with Crippen LogP contribution < -0.4 is 0 Å². The van der Waals surface area contributed by atoms with E-state index in [0.717, 1.165) is 28.8 Å². The summed E-state index contributed by atoms with van der Waals surface area (Å²) in [5.74, 6) is -0.229. The lowest BCUT2D eigenvalue weighted by molar-refractivity contribution is 0.0697. The van der Waals surface area contributed by atoms with Crippen LogP contribution in [0.1, 0.15) is 39.7 Å². The van der Waals surface area contributed by atoms with Crippen LogP contribution in [0.25, 0.3) is 28.0 Å². The van der Waals surface area contributed by atoms with E-state index in [9.17, 15) is 4.39 Å². The van der Waals surface area contributed by atoms with E-state index in [4.69, 9.17) is 0 Å². The molecule has 0 unspecified atom stereocenters. The Bertz CT molecular complexity index is 1040. The Morgan fingerprint density at radius 1 is 0.966 bits per heavy atom. The van der Waals surface area contributed by atoms with Crippen molar-refractivity contribution in [3.63, 3.8) is 0 Å². The summed E-state index contributed by atoms with van der Waals surface area (Å²) in [4.78, 5) is 10.1. The fourth-order valence-electron chi connectivity index (χ4n) is 4.45. The van der Waals surface area contributed by atoms with Gasteiger partial charge in [0, 0.05) is 40.8 Å². The van der Waals surface area contributed by atoms with E-state index in [-0.39, 0.29) is 16.9 Å². The number of benzene rings is 1. The highest BCUT2D eigenvalue weighted by molar-refractivity contribution is 5.91. The number of hydrogen-bond acceptors (Lipinski definition) is 2. The molecule has 0 saturated heterocycles. The van der Waals surface area contributed by atoms with Crippen molar-refractivity contribution in [2.75, 3.05) is 7.05 Å². The molecule has 1 aliphatic rings. The molecule has 3 heterocycles. The molecule has 0 spiro atoms. The average Bonchev–Trinajstić information content (AvgIpc) is 3.12. The van der Waals surface area contributed by atoms with Gasteiger partial charge in [-0.05, 0) is 94.3 Å². The summed E-state index contributed by atoms with van der Waals surface area (Å²) >= 11 is 0. The van der Waals surface area contributed by atoms with Crippen molar-refractivity contribution in [2.24, 2.45) is 0 Å². The zero-order chi connectivity index (χ0) is 20.8. The first-order valence-corrected chi connectivity index (χ1v) is 10.0. The van der Waals surface area contributed by atoms with E-state index in [1.165, 1.54) is 23.3 Å². The molecule has 0 bridgehead atoms. The molecule has 150 valence electrons. The Morgan fingerprint density at radius 3 is 2.24 bits per heavy atom. The lowest BCUT2D eigenvalue weighted by Crippen LogP contribution is -2.54. The van der Waals surface area contributed by atoms with E-state index in [1.807, 2.05) is 36.7 Å². The summed E-state index contributed by atoms with van der Waals surface area (Å²) in [7, 11) is 2.19. The Morgan fingerprint density at radius 2 is 1.62 bits per heavy atom. The molecule has 0 saturated carbocycles. The second-order valence-corrected chi connectivity index (χ2v) is 9.07. The van der Waals surface area contributed by atoms with E-state index < -0.39 is 0 Å². The van der Waals surface area contributed by atoms with Crippen molar-refractivity contribution in [3.8, 4) is 22.4 Å². The fourth-order valence-corrected chi connectivity index (χ4v) is 4.45. The molecular formula is C25H28FN3. The lowest BCUT2D eigenvalue weighted by atomic mass is 9.78. The summed E-state index contributed by atoms with van der Waals surface area (Å²) < 4.78 is 13.5. The Kier molecular flexibility index (Phi) is 4.70. The standard InChI is InChI=1S/C25H28FN3/c1-24(2)14-19(15-25(3,4)29(24)5)21-16-28-23(18-6-8-20(26)9-7-18)22(21)17-10-12-27-13-11-17/h6-14,16,28H,15H2,1-5H3. The predicted octanol–water partition coefficient (Wildman–Crippen LogP) is 6.16. The third-order valence-electron chi connectivity index (χ3n) is 6.25. The van der Waals surface area contributed by atoms with Crippen molar-refractivity contribution in [2.45, 2.75) is 45.2 Å². The number of pyridine rings is 1. The molecule has 0 atom stereocenters. The summed E-state index contributed by atoms with van der Waals surface area (Å²) in [5.41, 5.74) is 6.72. The maximum Gasteiger partial charge on any atom is 0.123 e. The summed E-state index contributed by atoms with van der Waals surface area (Å²) in [6.07, 6.45) is 9.05. The Labute approximate surface area is 172 Å². The molecule has 3 aromatic rings. The van der Waals surface area contributed by atoms with Gasteiger partial charge in [0.05, 0.1) is 5.69 Å². The molecule has 0 radical (unpaired) electrons. The number of aromatic nitrogens is 2. The Hall–Kier alpha value is -2.72. The number of hydrogen-bond donors (Lipinski definition) is 1. The highest BCUT2D eigenvalue weighted by atomic mass is 19.1. The average molecular weight is 390 g/mol. The summed E-state index contributed by atoms with van der Waals surface area (Å²) in [5, 5.41) is 0. The molecule has 3 nitrogen and oxygen atoms in total. The molecule has 2 aromatic heterocycles. The summed E-state index contributed by atoms with van der Waals surface area (Å²) in [6.45, 7) is 9.10. The van der Waals surface area contributed by atoms with Crippen molar-refractivity contribution in [1.29, 1.82) is 0 Å². The minimum atomic E-state index is -0.229. The van der Waals surface area contributed by atoms with Crippen LogP contribution in [0, 0.1) is 5.82 Å². The van der Waals surface area contributed by atoms with E-state index in [1.54, 1.807) is 0 Å². The van der Waals surface area contributed by atoms with Gasteiger partial charge >= 0.3 is 0 Å². The van der Waals surface area contributed by atoms with Gasteiger partial charge < -0.3 is 4.98 Å². The van der Waals surface area contributed by atoms with E-state index >= 15 is 0 Å². The highest BCUT2D eigenvalue weighted by Crippen LogP contribution is 2.45. The molecule has 4 rings (SSSR count). The first kappa shape index (κ1) is 19.6. The minimum Gasteiger partial charge on any atom is -0.360 e. The van der Waals surface area contributed by atoms with Crippen LogP contribution in [-0.2, 0) is 0 Å². The van der Waals surface area contributed by atoms with Gasteiger partial charge in [0.2, 0.25) is 0 Å². The van der Waals surface area contributed by atoms with Gasteiger partial charge in [0.1, 0.15) is 5.82 Å². The first-order valence-electron chi connectivity index (χ1n) is 10.0. The molecule has 0 fully saturated rings. The molecule has 0 amide bonds. The van der Waals surface area contributed by atoms with Crippen LogP contribution in [0.3, 0.4) is 0 Å². The smallest absolute Gasteiger partial charge is 0.123 e. The number of likely N-dealkylation sites (N-methyl/N-ethyl adjacent to an activating group) is 1. The van der Waals surface area contributed by atoms with E-state index in [0.29, 0.717) is 0 Å². The third kappa shape index (κ3) is 3.53. The van der Waals surface area contributed by atoms with Crippen LogP contribution in [-0.4, -0.2) is 33.0 Å². The second-order valence-electron chi connectivity index (χ2n) is 9.07. The molecular weight excluding hydrogens is 361 g/mol. The van der Waals surface area contributed by atoms with Gasteiger partial charge in [-0.3, -0.25) is 9.88 Å². The molecule has 0 aliphatic carbocycles. The van der Waals surface area contributed by atoms with Gasteiger partial charge in [-0.15, -0.1) is 0 Å². The number of nitrogens with zero attached hydrogens (tertiary/aromatic N) is 2. The van der Waals surface area contributed by atoms with Crippen LogP contribution in [0.5, 0.6) is 0 Å². The highest BCUT2D eigenvalue weighted by Gasteiger charge is 2.39. The van der Waals surface area contributed by atoms with Gasteiger partial charge in [-0.2, -0.15) is 0 Å². The van der Waals surface area contributed by atoms with Crippen molar-refractivity contribution in [3.05, 3.63) is 72.4 Å². The van der Waals surface area contributed by atoms with Gasteiger partial charge in [0.15, 0.2) is 0 Å². The lowest BCUT2D eigenvalue weighted by Gasteiger charge is -2.49. The zero-order valence-electron chi connectivity index (χ0n) is 17.8. The number of H-pyrrole nitrogens is 1. The van der Waals surface area contributed by atoms with Crippen molar-refractivity contribution >= 4 is 5.57 Å². The maximum absolute atomic E-state index is 13.5. The molecule has 1 aliphatic heterocycles. The number of rotatable bonds is 3. The monoisotopic (exact) mass is 389 g/mol. The van der Waals surface area contributed by atoms with Gasteiger partial charge in [-0.25, -0.2) is 4.39 Å². The van der Waals surface area contributed by atoms with Crippen LogP contribution in [0.15, 0.2) is 61.1 Å². The quantitative estimate of drug-likeness (QED) is 0.582. The first-order chi connectivity index (χ1) is 13.7. The van der Waals surface area contributed by atoms with Gasteiger partial charge in [-0.1, -0.05) is 6.08 Å². The molecule has 4 heteroatoms. The molecule has 1 aromatic carbocycles. The van der Waals surface area contributed by atoms with E-state index in [2.05, 4.69) is 61.9 Å². The topological polar surface area (TPSA) is 31.9 Å². The van der Waals surface area contributed by atoms with Crippen molar-refractivity contribution in [1.82, 2.24) is 14.9 Å². The number of halogens is 1. The molecule has 1 N–H and O–H groups in total. The molecule has 29 heavy (non-hydrogen) atoms. The summed E-state index contributed by atoms with van der Waals surface area (Å²) in [6, 6.07) is 10.7. The predicted molar refractivity (Wildman–Crippen MR) is 118 cm³/mol. The van der Waals surface area contributed by atoms with Crippen LogP contribution in [0.4, 0.5) is 4.39 Å². The maximum atomic E-state index is 13.5. The zero-order valence-corrected chi connectivity index (χ0v) is 17.8. The van der Waals surface area contributed by atoms with Crippen LogP contribution in [0.2, 0.25) is 0 Å². The SMILES string of the molecule is CN1C(C)(C)C=C(c2c[nH]c(-c3ccc(F)cc3)c2-c2ccncc2)CC1(C)C. The fraction of sp³-hybridized carbons (Fsp3) is 0.320. The second kappa shape index (κ2) is 6.96. The van der Waals surface area contributed by atoms with Gasteiger partial charge in [0.25, 0.3) is 0 Å². The van der Waals surface area contributed by atoms with Crippen molar-refractivity contribution < 1.29 is 4.39 Å². The Balaban J connectivity index is 1.92. The largest absolute Gasteiger partial charge is 0.360 e. The number of aromatic amines is 1. The number of nitrogens with one attached hydrogen (secondary N) is 1. The third-order valence-corrected chi connectivity index (χ3v) is 6.25.